The number of carbonyl (C=O) groups is 1. The molecule has 0 amide bonds. The van der Waals surface area contributed by atoms with Crippen LogP contribution in [0.5, 0.6) is 0 Å². The average Bonchev–Trinajstić information content (AvgIpc) is 2.48. The zero-order chi connectivity index (χ0) is 15.7. The van der Waals surface area contributed by atoms with Gasteiger partial charge in [0.25, 0.3) is 0 Å². The van der Waals surface area contributed by atoms with E-state index in [0.717, 1.165) is 38.0 Å². The van der Waals surface area contributed by atoms with Crippen molar-refractivity contribution in [3.05, 3.63) is 24.3 Å². The Morgan fingerprint density at radius 3 is 2.14 bits per heavy atom. The van der Waals surface area contributed by atoms with Gasteiger partial charge in [-0.05, 0) is 49.9 Å². The summed E-state index contributed by atoms with van der Waals surface area (Å²) >= 11 is 0. The Hall–Kier alpha value is -1.51. The molecule has 0 atom stereocenters. The van der Waals surface area contributed by atoms with Crippen LogP contribution in [0.1, 0.15) is 46.5 Å². The third-order valence-corrected chi connectivity index (χ3v) is 3.71. The van der Waals surface area contributed by atoms with Crippen molar-refractivity contribution in [2.24, 2.45) is 5.92 Å². The first-order valence-electron chi connectivity index (χ1n) is 8.12. The molecule has 1 saturated heterocycles. The van der Waals surface area contributed by atoms with Gasteiger partial charge >= 0.3 is 0 Å². The van der Waals surface area contributed by atoms with E-state index in [9.17, 15) is 4.79 Å². The highest BCUT2D eigenvalue weighted by Crippen LogP contribution is 2.26. The molecule has 0 radical (unpaired) electrons. The molecular weight excluding hydrogens is 260 g/mol. The van der Waals surface area contributed by atoms with Crippen molar-refractivity contribution in [2.75, 3.05) is 30.4 Å². The molecule has 0 saturated carbocycles. The smallest absolute Gasteiger partial charge is 0.130 e. The number of hydrogen-bond acceptors (Lipinski definition) is 3. The summed E-state index contributed by atoms with van der Waals surface area (Å²) in [6, 6.07) is 8.54. The van der Waals surface area contributed by atoms with Gasteiger partial charge in [0.05, 0.1) is 0 Å². The summed E-state index contributed by atoms with van der Waals surface area (Å²) in [5, 5.41) is 3.13. The van der Waals surface area contributed by atoms with Crippen LogP contribution >= 0.6 is 0 Å². The van der Waals surface area contributed by atoms with Gasteiger partial charge in [0.15, 0.2) is 0 Å². The minimum atomic E-state index is 0.326. The first-order chi connectivity index (χ1) is 10.1. The van der Waals surface area contributed by atoms with Gasteiger partial charge in [0.1, 0.15) is 5.78 Å². The summed E-state index contributed by atoms with van der Waals surface area (Å²) in [5.74, 6) is 0.919. The number of nitrogens with one attached hydrogen (secondary N) is 1. The second-order valence-electron chi connectivity index (χ2n) is 5.84. The average molecular weight is 290 g/mol. The summed E-state index contributed by atoms with van der Waals surface area (Å²) in [5.41, 5.74) is 2.43. The van der Waals surface area contributed by atoms with E-state index < -0.39 is 0 Å². The Morgan fingerprint density at radius 1 is 1.19 bits per heavy atom. The van der Waals surface area contributed by atoms with Crippen LogP contribution in [0.4, 0.5) is 11.4 Å². The van der Waals surface area contributed by atoms with Gasteiger partial charge in [-0.2, -0.15) is 0 Å². The van der Waals surface area contributed by atoms with Crippen molar-refractivity contribution in [1.29, 1.82) is 0 Å². The predicted molar refractivity (Wildman–Crippen MR) is 92.2 cm³/mol. The van der Waals surface area contributed by atoms with Crippen molar-refractivity contribution in [2.45, 2.75) is 46.5 Å². The van der Waals surface area contributed by atoms with E-state index in [-0.39, 0.29) is 0 Å². The third kappa shape index (κ3) is 6.19. The fourth-order valence-electron chi connectivity index (χ4n) is 2.64. The second-order valence-corrected chi connectivity index (χ2v) is 5.84. The van der Waals surface area contributed by atoms with Crippen LogP contribution < -0.4 is 10.2 Å². The molecule has 1 aromatic carbocycles. The molecule has 1 aliphatic rings. The molecule has 0 bridgehead atoms. The molecule has 118 valence electrons. The lowest BCUT2D eigenvalue weighted by Gasteiger charge is -2.33. The van der Waals surface area contributed by atoms with Crippen LogP contribution in [0, 0.1) is 5.92 Å². The fourth-order valence-corrected chi connectivity index (χ4v) is 2.64. The van der Waals surface area contributed by atoms with Gasteiger partial charge in [0, 0.05) is 37.9 Å². The number of carbonyl (C=O) groups excluding carboxylic acids is 1. The largest absolute Gasteiger partial charge is 0.388 e. The van der Waals surface area contributed by atoms with Crippen LogP contribution in [-0.4, -0.2) is 25.9 Å². The van der Waals surface area contributed by atoms with Crippen LogP contribution in [-0.2, 0) is 4.79 Å². The summed E-state index contributed by atoms with van der Waals surface area (Å²) in [7, 11) is 1.93. The van der Waals surface area contributed by atoms with E-state index in [2.05, 4.69) is 48.3 Å². The zero-order valence-corrected chi connectivity index (χ0v) is 14.0. The highest BCUT2D eigenvalue weighted by atomic mass is 16.1. The van der Waals surface area contributed by atoms with Gasteiger partial charge in [-0.25, -0.2) is 0 Å². The Balaban J connectivity index is 0.000000677. The molecule has 1 fully saturated rings. The zero-order valence-electron chi connectivity index (χ0n) is 14.0. The van der Waals surface area contributed by atoms with Crippen molar-refractivity contribution in [3.63, 3.8) is 0 Å². The van der Waals surface area contributed by atoms with E-state index in [1.165, 1.54) is 12.1 Å². The number of Topliss-reactive ketones (excluding diaryl/α,β-unsaturated/α-hetero) is 1. The van der Waals surface area contributed by atoms with Crippen LogP contribution in [0.2, 0.25) is 0 Å². The van der Waals surface area contributed by atoms with Crippen LogP contribution in [0.15, 0.2) is 24.3 Å². The quantitative estimate of drug-likeness (QED) is 0.895. The number of ketones is 1. The summed E-state index contributed by atoms with van der Waals surface area (Å²) in [6.45, 7) is 8.08. The normalized spacial score (nSPS) is 15.1. The lowest BCUT2D eigenvalue weighted by atomic mass is 9.92. The van der Waals surface area contributed by atoms with Crippen molar-refractivity contribution < 1.29 is 4.79 Å². The van der Waals surface area contributed by atoms with Crippen LogP contribution in [0.25, 0.3) is 0 Å². The number of piperidine rings is 1. The molecule has 3 heteroatoms. The summed E-state index contributed by atoms with van der Waals surface area (Å²) in [4.78, 5) is 13.5. The summed E-state index contributed by atoms with van der Waals surface area (Å²) in [6.07, 6.45) is 4.27. The summed E-state index contributed by atoms with van der Waals surface area (Å²) < 4.78 is 0. The molecule has 0 aliphatic carbocycles. The second kappa shape index (κ2) is 9.43. The highest BCUT2D eigenvalue weighted by Gasteiger charge is 2.20. The monoisotopic (exact) mass is 290 g/mol. The topological polar surface area (TPSA) is 32.3 Å². The molecule has 1 heterocycles. The maximum Gasteiger partial charge on any atom is 0.130 e. The molecule has 3 nitrogen and oxygen atoms in total. The number of hydrogen-bond donors (Lipinski definition) is 1. The SMILES string of the molecule is CCC.CNc1ccc(N2CCC(CC(C)=O)CC2)cc1. The standard InChI is InChI=1S/C15H22N2O.C3H8/c1-12(18)11-13-7-9-17(10-8-13)15-5-3-14(16-2)4-6-15;1-3-2/h3-6,13,16H,7-11H2,1-2H3;3H2,1-2H3. The number of benzene rings is 1. The Morgan fingerprint density at radius 2 is 1.71 bits per heavy atom. The van der Waals surface area contributed by atoms with Gasteiger partial charge in [-0.1, -0.05) is 20.3 Å². The van der Waals surface area contributed by atoms with Gasteiger partial charge in [-0.3, -0.25) is 0 Å². The molecule has 0 aromatic heterocycles. The third-order valence-electron chi connectivity index (χ3n) is 3.71. The van der Waals surface area contributed by atoms with Crippen molar-refractivity contribution in [3.8, 4) is 0 Å². The molecule has 1 aliphatic heterocycles. The van der Waals surface area contributed by atoms with E-state index in [4.69, 9.17) is 0 Å². The van der Waals surface area contributed by atoms with Gasteiger partial charge < -0.3 is 15.0 Å². The minimum absolute atomic E-state index is 0.326. The van der Waals surface area contributed by atoms with Crippen molar-refractivity contribution in [1.82, 2.24) is 0 Å². The molecule has 1 N–H and O–H groups in total. The fraction of sp³-hybridized carbons (Fsp3) is 0.611. The van der Waals surface area contributed by atoms with E-state index in [1.54, 1.807) is 6.92 Å². The number of anilines is 2. The number of rotatable bonds is 4. The highest BCUT2D eigenvalue weighted by molar-refractivity contribution is 5.75. The Kier molecular flexibility index (Phi) is 7.88. The lowest BCUT2D eigenvalue weighted by Crippen LogP contribution is -2.34. The lowest BCUT2D eigenvalue weighted by molar-refractivity contribution is -0.118. The van der Waals surface area contributed by atoms with Gasteiger partial charge in [0.2, 0.25) is 0 Å². The predicted octanol–water partition coefficient (Wildman–Crippen LogP) is 4.34. The Labute approximate surface area is 129 Å². The first-order valence-corrected chi connectivity index (χ1v) is 8.12. The van der Waals surface area contributed by atoms with E-state index in [0.29, 0.717) is 11.7 Å². The molecule has 2 rings (SSSR count). The number of nitrogens with zero attached hydrogens (tertiary/aromatic N) is 1. The minimum Gasteiger partial charge on any atom is -0.388 e. The Bertz CT molecular complexity index is 406. The molecular formula is C18H30N2O. The van der Waals surface area contributed by atoms with E-state index in [1.807, 2.05) is 7.05 Å². The molecule has 21 heavy (non-hydrogen) atoms. The maximum absolute atomic E-state index is 11.1. The van der Waals surface area contributed by atoms with Crippen LogP contribution in [0.3, 0.4) is 0 Å². The molecule has 0 spiro atoms. The molecule has 0 unspecified atom stereocenters. The first kappa shape index (κ1) is 17.5. The molecule has 1 aromatic rings. The van der Waals surface area contributed by atoms with E-state index >= 15 is 0 Å². The van der Waals surface area contributed by atoms with Crippen molar-refractivity contribution >= 4 is 17.2 Å². The maximum atomic E-state index is 11.1. The van der Waals surface area contributed by atoms with Gasteiger partial charge in [-0.15, -0.1) is 0 Å².